The number of aromatic nitrogens is 3. The second kappa shape index (κ2) is 6.16. The number of pyridine rings is 1. The number of carbonyl (C=O) groups excluding carboxylic acids is 1. The van der Waals surface area contributed by atoms with Crippen LogP contribution >= 0.6 is 11.8 Å². The molecule has 0 bridgehead atoms. The number of fused-ring (bicyclic) bond motifs is 1. The molecule has 2 aromatic heterocycles. The molecule has 0 amide bonds. The molecule has 1 aromatic carbocycles. The number of carbonyl (C=O) groups is 1. The van der Waals surface area contributed by atoms with Gasteiger partial charge >= 0.3 is 0 Å². The van der Waals surface area contributed by atoms with Crippen molar-refractivity contribution >= 4 is 23.2 Å². The highest BCUT2D eigenvalue weighted by Crippen LogP contribution is 2.25. The zero-order chi connectivity index (χ0) is 16.6. The Bertz CT molecular complexity index is 899. The summed E-state index contributed by atoms with van der Waals surface area (Å²) in [5.74, 6) is 0.501. The largest absolute Gasteiger partial charge is 0.293 e. The standard InChI is InChI=1S/C18H19N3OS/c1-11-9-12(2)17(14(4)13(11)3)15(22)10-23-18-20-19-16-7-5-6-8-21(16)18/h5-9H,10H2,1-4H3. The third kappa shape index (κ3) is 2.88. The van der Waals surface area contributed by atoms with Gasteiger partial charge in [0, 0.05) is 11.8 Å². The highest BCUT2D eigenvalue weighted by molar-refractivity contribution is 7.99. The zero-order valence-electron chi connectivity index (χ0n) is 13.8. The fraction of sp³-hybridized carbons (Fsp3) is 0.278. The first-order valence-corrected chi connectivity index (χ1v) is 8.50. The van der Waals surface area contributed by atoms with Crippen molar-refractivity contribution in [2.75, 3.05) is 5.75 Å². The Hall–Kier alpha value is -2.14. The molecule has 0 atom stereocenters. The van der Waals surface area contributed by atoms with E-state index < -0.39 is 0 Å². The van der Waals surface area contributed by atoms with Crippen LogP contribution in [0.15, 0.2) is 35.6 Å². The zero-order valence-corrected chi connectivity index (χ0v) is 14.6. The van der Waals surface area contributed by atoms with Gasteiger partial charge in [-0.15, -0.1) is 10.2 Å². The minimum Gasteiger partial charge on any atom is -0.293 e. The van der Waals surface area contributed by atoms with Gasteiger partial charge < -0.3 is 0 Å². The van der Waals surface area contributed by atoms with Crippen molar-refractivity contribution in [3.8, 4) is 0 Å². The summed E-state index contributed by atoms with van der Waals surface area (Å²) in [7, 11) is 0. The molecule has 5 heteroatoms. The van der Waals surface area contributed by atoms with Gasteiger partial charge in [-0.2, -0.15) is 0 Å². The third-order valence-electron chi connectivity index (χ3n) is 4.25. The topological polar surface area (TPSA) is 47.3 Å². The summed E-state index contributed by atoms with van der Waals surface area (Å²) >= 11 is 1.43. The van der Waals surface area contributed by atoms with Gasteiger partial charge in [-0.25, -0.2) is 0 Å². The van der Waals surface area contributed by atoms with E-state index in [0.717, 1.165) is 27.5 Å². The van der Waals surface area contributed by atoms with Crippen LogP contribution < -0.4 is 0 Å². The molecule has 0 spiro atoms. The van der Waals surface area contributed by atoms with E-state index in [-0.39, 0.29) is 5.78 Å². The molecule has 0 saturated carbocycles. The van der Waals surface area contributed by atoms with E-state index in [1.807, 2.05) is 42.6 Å². The van der Waals surface area contributed by atoms with Crippen molar-refractivity contribution < 1.29 is 4.79 Å². The molecular formula is C18H19N3OS. The third-order valence-corrected chi connectivity index (χ3v) is 5.19. The predicted octanol–water partition coefficient (Wildman–Crippen LogP) is 3.94. The first kappa shape index (κ1) is 15.7. The number of aryl methyl sites for hydroxylation is 2. The van der Waals surface area contributed by atoms with Gasteiger partial charge in [-0.3, -0.25) is 9.20 Å². The molecule has 3 rings (SSSR count). The molecule has 0 unspecified atom stereocenters. The highest BCUT2D eigenvalue weighted by atomic mass is 32.2. The molecule has 3 aromatic rings. The lowest BCUT2D eigenvalue weighted by Crippen LogP contribution is -2.10. The Morgan fingerprint density at radius 3 is 2.65 bits per heavy atom. The molecule has 118 valence electrons. The van der Waals surface area contributed by atoms with Crippen LogP contribution in [0.4, 0.5) is 0 Å². The summed E-state index contributed by atoms with van der Waals surface area (Å²) in [6.45, 7) is 8.18. The lowest BCUT2D eigenvalue weighted by molar-refractivity contribution is 0.102. The Kier molecular flexibility index (Phi) is 4.22. The minimum atomic E-state index is 0.140. The van der Waals surface area contributed by atoms with Gasteiger partial charge in [0.1, 0.15) is 0 Å². The van der Waals surface area contributed by atoms with Crippen LogP contribution in [0.2, 0.25) is 0 Å². The number of benzene rings is 1. The SMILES string of the molecule is Cc1cc(C)c(C(=O)CSc2nnc3ccccn23)c(C)c1C. The van der Waals surface area contributed by atoms with Crippen molar-refractivity contribution in [2.24, 2.45) is 0 Å². The number of ketones is 1. The van der Waals surface area contributed by atoms with Gasteiger partial charge in [0.2, 0.25) is 0 Å². The molecule has 2 heterocycles. The predicted molar refractivity (Wildman–Crippen MR) is 93.4 cm³/mol. The first-order chi connectivity index (χ1) is 11.0. The fourth-order valence-electron chi connectivity index (χ4n) is 2.83. The van der Waals surface area contributed by atoms with Crippen LogP contribution in [0.1, 0.15) is 32.6 Å². The number of hydrogen-bond donors (Lipinski definition) is 0. The Labute approximate surface area is 139 Å². The summed E-state index contributed by atoms with van der Waals surface area (Å²) in [4.78, 5) is 12.7. The molecule has 0 aliphatic heterocycles. The number of rotatable bonds is 4. The van der Waals surface area contributed by atoms with Gasteiger partial charge in [0.15, 0.2) is 16.6 Å². The summed E-state index contributed by atoms with van der Waals surface area (Å²) in [5, 5.41) is 9.02. The highest BCUT2D eigenvalue weighted by Gasteiger charge is 2.17. The number of thioether (sulfide) groups is 1. The van der Waals surface area contributed by atoms with Crippen molar-refractivity contribution in [1.29, 1.82) is 0 Å². The van der Waals surface area contributed by atoms with Gasteiger partial charge in [-0.05, 0) is 62.1 Å². The molecule has 0 fully saturated rings. The first-order valence-electron chi connectivity index (χ1n) is 7.52. The maximum Gasteiger partial charge on any atom is 0.196 e. The molecule has 4 nitrogen and oxygen atoms in total. The summed E-state index contributed by atoms with van der Waals surface area (Å²) < 4.78 is 1.90. The van der Waals surface area contributed by atoms with Crippen LogP contribution in [0, 0.1) is 27.7 Å². The lowest BCUT2D eigenvalue weighted by Gasteiger charge is -2.13. The quantitative estimate of drug-likeness (QED) is 0.538. The average molecular weight is 325 g/mol. The van der Waals surface area contributed by atoms with E-state index in [1.165, 1.54) is 22.9 Å². The second-order valence-electron chi connectivity index (χ2n) is 5.76. The summed E-state index contributed by atoms with van der Waals surface area (Å²) in [6.07, 6.45) is 1.91. The Morgan fingerprint density at radius 2 is 1.87 bits per heavy atom. The molecule has 0 aliphatic rings. The average Bonchev–Trinajstić information content (AvgIpc) is 2.94. The van der Waals surface area contributed by atoms with E-state index >= 15 is 0 Å². The Morgan fingerprint density at radius 1 is 1.09 bits per heavy atom. The van der Waals surface area contributed by atoms with Crippen molar-refractivity contribution in [1.82, 2.24) is 14.6 Å². The van der Waals surface area contributed by atoms with Gasteiger partial charge in [0.25, 0.3) is 0 Å². The summed E-state index contributed by atoms with van der Waals surface area (Å²) in [5.41, 5.74) is 6.18. The lowest BCUT2D eigenvalue weighted by atomic mass is 9.92. The van der Waals surface area contributed by atoms with Crippen LogP contribution in [0.25, 0.3) is 5.65 Å². The molecular weight excluding hydrogens is 306 g/mol. The number of hydrogen-bond acceptors (Lipinski definition) is 4. The second-order valence-corrected chi connectivity index (χ2v) is 6.70. The van der Waals surface area contributed by atoms with Crippen molar-refractivity contribution in [3.05, 3.63) is 58.3 Å². The van der Waals surface area contributed by atoms with E-state index in [0.29, 0.717) is 5.75 Å². The van der Waals surface area contributed by atoms with E-state index in [1.54, 1.807) is 0 Å². The van der Waals surface area contributed by atoms with E-state index in [4.69, 9.17) is 0 Å². The molecule has 0 saturated heterocycles. The van der Waals surface area contributed by atoms with Gasteiger partial charge in [0.05, 0.1) is 5.75 Å². The van der Waals surface area contributed by atoms with E-state index in [9.17, 15) is 4.79 Å². The fourth-order valence-corrected chi connectivity index (χ4v) is 3.63. The molecule has 0 aliphatic carbocycles. The van der Waals surface area contributed by atoms with Crippen molar-refractivity contribution in [3.63, 3.8) is 0 Å². The van der Waals surface area contributed by atoms with Crippen LogP contribution in [-0.4, -0.2) is 26.1 Å². The normalized spacial score (nSPS) is 11.1. The molecule has 0 radical (unpaired) electrons. The number of Topliss-reactive ketones (excluding diaryl/α,β-unsaturated/α-hetero) is 1. The monoisotopic (exact) mass is 325 g/mol. The molecule has 23 heavy (non-hydrogen) atoms. The van der Waals surface area contributed by atoms with Crippen LogP contribution in [0.3, 0.4) is 0 Å². The van der Waals surface area contributed by atoms with E-state index in [2.05, 4.69) is 30.1 Å². The van der Waals surface area contributed by atoms with Gasteiger partial charge in [-0.1, -0.05) is 23.9 Å². The van der Waals surface area contributed by atoms with Crippen molar-refractivity contribution in [2.45, 2.75) is 32.9 Å². The Balaban J connectivity index is 1.84. The minimum absolute atomic E-state index is 0.140. The smallest absolute Gasteiger partial charge is 0.196 e. The number of nitrogens with zero attached hydrogens (tertiary/aromatic N) is 3. The summed E-state index contributed by atoms with van der Waals surface area (Å²) in [6, 6.07) is 7.84. The van der Waals surface area contributed by atoms with Crippen LogP contribution in [-0.2, 0) is 0 Å². The maximum atomic E-state index is 12.7. The van der Waals surface area contributed by atoms with Crippen LogP contribution in [0.5, 0.6) is 0 Å². The molecule has 0 N–H and O–H groups in total. The maximum absolute atomic E-state index is 12.7.